The summed E-state index contributed by atoms with van der Waals surface area (Å²) in [6.45, 7) is 8.47. The van der Waals surface area contributed by atoms with Crippen molar-refractivity contribution in [3.8, 4) is 0 Å². The molecule has 0 aromatic carbocycles. The summed E-state index contributed by atoms with van der Waals surface area (Å²) < 4.78 is 0. The predicted octanol–water partition coefficient (Wildman–Crippen LogP) is 4.62. The molecule has 0 spiro atoms. The molecule has 0 aromatic rings. The molecular formula is C15H28O. The minimum absolute atomic E-state index is 0.273. The molecule has 0 fully saturated rings. The van der Waals surface area contributed by atoms with E-state index in [0.717, 1.165) is 12.8 Å². The van der Waals surface area contributed by atoms with Crippen molar-refractivity contribution in [2.24, 2.45) is 0 Å². The number of rotatable bonds is 8. The predicted molar refractivity (Wildman–Crippen MR) is 72.6 cm³/mol. The van der Waals surface area contributed by atoms with Crippen LogP contribution in [-0.4, -0.2) is 11.2 Å². The molecule has 0 saturated heterocycles. The molecule has 0 saturated carbocycles. The highest BCUT2D eigenvalue weighted by atomic mass is 16.3. The average molecular weight is 224 g/mol. The second-order valence-electron chi connectivity index (χ2n) is 4.90. The van der Waals surface area contributed by atoms with Gasteiger partial charge in [0.15, 0.2) is 0 Å². The zero-order valence-corrected chi connectivity index (χ0v) is 11.4. The van der Waals surface area contributed by atoms with E-state index in [-0.39, 0.29) is 6.10 Å². The van der Waals surface area contributed by atoms with Gasteiger partial charge >= 0.3 is 0 Å². The molecule has 1 nitrogen and oxygen atoms in total. The van der Waals surface area contributed by atoms with Crippen LogP contribution in [0.3, 0.4) is 0 Å². The Kier molecular flexibility index (Phi) is 9.31. The molecule has 1 atom stereocenters. The van der Waals surface area contributed by atoms with Crippen LogP contribution in [0.15, 0.2) is 23.3 Å². The fourth-order valence-corrected chi connectivity index (χ4v) is 1.72. The third-order valence-corrected chi connectivity index (χ3v) is 2.66. The Labute approximate surface area is 101 Å². The van der Waals surface area contributed by atoms with E-state index in [4.69, 9.17) is 0 Å². The van der Waals surface area contributed by atoms with E-state index in [0.29, 0.717) is 0 Å². The van der Waals surface area contributed by atoms with Gasteiger partial charge in [0.25, 0.3) is 0 Å². The molecule has 0 heterocycles. The molecule has 1 heteroatoms. The molecule has 1 unspecified atom stereocenters. The second kappa shape index (κ2) is 9.65. The highest BCUT2D eigenvalue weighted by molar-refractivity contribution is 5.01. The van der Waals surface area contributed by atoms with Crippen LogP contribution in [0.5, 0.6) is 0 Å². The summed E-state index contributed by atoms with van der Waals surface area (Å²) in [4.78, 5) is 0. The lowest BCUT2D eigenvalue weighted by Gasteiger charge is -2.05. The van der Waals surface area contributed by atoms with Crippen LogP contribution < -0.4 is 0 Å². The van der Waals surface area contributed by atoms with Crippen LogP contribution in [0.1, 0.15) is 66.2 Å². The first-order valence-corrected chi connectivity index (χ1v) is 6.55. The SMILES string of the molecule is CCCCCC(C)=CCCC(O)C=C(C)C. The maximum absolute atomic E-state index is 9.64. The van der Waals surface area contributed by atoms with Crippen molar-refractivity contribution in [3.63, 3.8) is 0 Å². The van der Waals surface area contributed by atoms with E-state index in [9.17, 15) is 5.11 Å². The smallest absolute Gasteiger partial charge is 0.0726 e. The molecule has 0 bridgehead atoms. The maximum atomic E-state index is 9.64. The summed E-state index contributed by atoms with van der Waals surface area (Å²) in [7, 11) is 0. The van der Waals surface area contributed by atoms with E-state index in [1.807, 2.05) is 19.9 Å². The van der Waals surface area contributed by atoms with Gasteiger partial charge in [-0.3, -0.25) is 0 Å². The standard InChI is InChI=1S/C15H28O/c1-5-6-7-9-14(4)10-8-11-15(16)12-13(2)3/h10,12,15-16H,5-9,11H2,1-4H3. The molecule has 1 N–H and O–H groups in total. The lowest BCUT2D eigenvalue weighted by molar-refractivity contribution is 0.213. The van der Waals surface area contributed by atoms with Gasteiger partial charge in [-0.2, -0.15) is 0 Å². The summed E-state index contributed by atoms with van der Waals surface area (Å²) in [5, 5.41) is 9.64. The minimum Gasteiger partial charge on any atom is -0.389 e. The highest BCUT2D eigenvalue weighted by Gasteiger charge is 1.98. The Balaban J connectivity index is 3.69. The van der Waals surface area contributed by atoms with Crippen LogP contribution in [0, 0.1) is 0 Å². The molecular weight excluding hydrogens is 196 g/mol. The maximum Gasteiger partial charge on any atom is 0.0726 e. The third-order valence-electron chi connectivity index (χ3n) is 2.66. The lowest BCUT2D eigenvalue weighted by Crippen LogP contribution is -2.01. The average Bonchev–Trinajstić information content (AvgIpc) is 2.17. The van der Waals surface area contributed by atoms with Gasteiger partial charge in [0.05, 0.1) is 6.10 Å². The summed E-state index contributed by atoms with van der Waals surface area (Å²) in [6.07, 6.45) is 10.9. The second-order valence-corrected chi connectivity index (χ2v) is 4.90. The van der Waals surface area contributed by atoms with Gasteiger partial charge in [-0.15, -0.1) is 0 Å². The van der Waals surface area contributed by atoms with Gasteiger partial charge in [0, 0.05) is 0 Å². The van der Waals surface area contributed by atoms with Gasteiger partial charge < -0.3 is 5.11 Å². The Morgan fingerprint density at radius 1 is 1.19 bits per heavy atom. The monoisotopic (exact) mass is 224 g/mol. The highest BCUT2D eigenvalue weighted by Crippen LogP contribution is 2.11. The van der Waals surface area contributed by atoms with Gasteiger partial charge in [-0.25, -0.2) is 0 Å². The van der Waals surface area contributed by atoms with Crippen molar-refractivity contribution in [2.45, 2.75) is 72.3 Å². The van der Waals surface area contributed by atoms with E-state index in [2.05, 4.69) is 19.9 Å². The van der Waals surface area contributed by atoms with Crippen LogP contribution >= 0.6 is 0 Å². The number of unbranched alkanes of at least 4 members (excludes halogenated alkanes) is 2. The first-order valence-electron chi connectivity index (χ1n) is 6.55. The quantitative estimate of drug-likeness (QED) is 0.471. The van der Waals surface area contributed by atoms with Crippen molar-refractivity contribution in [2.75, 3.05) is 0 Å². The molecule has 0 aliphatic heterocycles. The van der Waals surface area contributed by atoms with Crippen molar-refractivity contribution >= 4 is 0 Å². The zero-order valence-electron chi connectivity index (χ0n) is 11.4. The van der Waals surface area contributed by atoms with Crippen LogP contribution in [-0.2, 0) is 0 Å². The molecule has 0 radical (unpaired) electrons. The van der Waals surface area contributed by atoms with E-state index in [1.54, 1.807) is 0 Å². The van der Waals surface area contributed by atoms with E-state index >= 15 is 0 Å². The summed E-state index contributed by atoms with van der Waals surface area (Å²) in [5.41, 5.74) is 2.66. The number of hydrogen-bond donors (Lipinski definition) is 1. The fourth-order valence-electron chi connectivity index (χ4n) is 1.72. The largest absolute Gasteiger partial charge is 0.389 e. The van der Waals surface area contributed by atoms with Crippen molar-refractivity contribution in [3.05, 3.63) is 23.3 Å². The Morgan fingerprint density at radius 2 is 1.88 bits per heavy atom. The Bertz CT molecular complexity index is 222. The van der Waals surface area contributed by atoms with Gasteiger partial charge in [-0.05, 0) is 46.5 Å². The molecule has 0 aromatic heterocycles. The lowest BCUT2D eigenvalue weighted by atomic mass is 10.1. The van der Waals surface area contributed by atoms with Gasteiger partial charge in [0.1, 0.15) is 0 Å². The molecule has 0 amide bonds. The Morgan fingerprint density at radius 3 is 2.44 bits per heavy atom. The third kappa shape index (κ3) is 9.97. The van der Waals surface area contributed by atoms with E-state index in [1.165, 1.54) is 36.8 Å². The van der Waals surface area contributed by atoms with Crippen molar-refractivity contribution in [1.82, 2.24) is 0 Å². The van der Waals surface area contributed by atoms with Gasteiger partial charge in [0.2, 0.25) is 0 Å². The molecule has 0 aliphatic carbocycles. The fraction of sp³-hybridized carbons (Fsp3) is 0.733. The molecule has 94 valence electrons. The normalized spacial score (nSPS) is 13.7. The molecule has 0 aliphatic rings. The number of allylic oxidation sites excluding steroid dienone is 3. The van der Waals surface area contributed by atoms with Crippen LogP contribution in [0.2, 0.25) is 0 Å². The minimum atomic E-state index is -0.273. The molecule has 0 rings (SSSR count). The first kappa shape index (κ1) is 15.4. The molecule has 16 heavy (non-hydrogen) atoms. The topological polar surface area (TPSA) is 20.2 Å². The van der Waals surface area contributed by atoms with Crippen molar-refractivity contribution < 1.29 is 5.11 Å². The summed E-state index contributed by atoms with van der Waals surface area (Å²) >= 11 is 0. The first-order chi connectivity index (χ1) is 7.56. The van der Waals surface area contributed by atoms with Crippen LogP contribution in [0.4, 0.5) is 0 Å². The van der Waals surface area contributed by atoms with Crippen LogP contribution in [0.25, 0.3) is 0 Å². The van der Waals surface area contributed by atoms with Gasteiger partial charge in [-0.1, -0.05) is 43.1 Å². The number of aliphatic hydroxyl groups excluding tert-OH is 1. The Hall–Kier alpha value is -0.560. The number of hydrogen-bond acceptors (Lipinski definition) is 1. The summed E-state index contributed by atoms with van der Waals surface area (Å²) in [5.74, 6) is 0. The van der Waals surface area contributed by atoms with Crippen molar-refractivity contribution in [1.29, 1.82) is 0 Å². The number of aliphatic hydroxyl groups is 1. The van der Waals surface area contributed by atoms with E-state index < -0.39 is 0 Å². The zero-order chi connectivity index (χ0) is 12.4. The summed E-state index contributed by atoms with van der Waals surface area (Å²) in [6, 6.07) is 0.